The molecule has 6 nitrogen and oxygen atoms in total. The molecular weight excluding hydrogens is 280 g/mol. The van der Waals surface area contributed by atoms with E-state index < -0.39 is 12.0 Å². The van der Waals surface area contributed by atoms with E-state index in [4.69, 9.17) is 16.9 Å². The molecule has 1 unspecified atom stereocenters. The molecule has 0 aliphatic heterocycles. The average Bonchev–Trinajstić information content (AvgIpc) is 2.82. The summed E-state index contributed by atoms with van der Waals surface area (Å²) in [4.78, 5) is 11.4. The van der Waals surface area contributed by atoms with Crippen LogP contribution < -0.4 is 5.32 Å². The van der Waals surface area contributed by atoms with Gasteiger partial charge >= 0.3 is 5.97 Å². The first-order valence-electron chi connectivity index (χ1n) is 5.69. The predicted molar refractivity (Wildman–Crippen MR) is 73.4 cm³/mol. The second kappa shape index (κ2) is 5.63. The summed E-state index contributed by atoms with van der Waals surface area (Å²) in [5.74, 6) is -1.07. The van der Waals surface area contributed by atoms with E-state index in [1.54, 1.807) is 31.4 Å². The lowest BCUT2D eigenvalue weighted by molar-refractivity contribution is -0.138. The topological polar surface area (TPSA) is 90.9 Å². The van der Waals surface area contributed by atoms with Crippen LogP contribution in [0.1, 0.15) is 17.2 Å². The third-order valence-electron chi connectivity index (χ3n) is 2.73. The van der Waals surface area contributed by atoms with Crippen molar-refractivity contribution in [3.8, 4) is 6.07 Å². The largest absolute Gasteiger partial charge is 0.479 e. The highest BCUT2D eigenvalue weighted by molar-refractivity contribution is 6.32. The molecule has 1 heterocycles. The van der Waals surface area contributed by atoms with Gasteiger partial charge in [-0.15, -0.1) is 0 Å². The molecule has 0 aliphatic rings. The molecule has 0 amide bonds. The Kier molecular flexibility index (Phi) is 3.91. The molecule has 2 N–H and O–H groups in total. The van der Waals surface area contributed by atoms with Crippen molar-refractivity contribution >= 4 is 23.3 Å². The molecule has 20 heavy (non-hydrogen) atoms. The van der Waals surface area contributed by atoms with Gasteiger partial charge in [0.1, 0.15) is 6.07 Å². The Balaban J connectivity index is 2.38. The Hall–Kier alpha value is -2.52. The zero-order valence-corrected chi connectivity index (χ0v) is 11.3. The number of nitrogens with one attached hydrogen (secondary N) is 1. The summed E-state index contributed by atoms with van der Waals surface area (Å²) in [7, 11) is 1.70. The fourth-order valence-corrected chi connectivity index (χ4v) is 2.01. The zero-order valence-electron chi connectivity index (χ0n) is 10.5. The predicted octanol–water partition coefficient (Wildman–Crippen LogP) is 2.18. The first-order chi connectivity index (χ1) is 9.52. The number of carbonyl (C=O) groups is 1. The van der Waals surface area contributed by atoms with Crippen molar-refractivity contribution in [1.82, 2.24) is 9.78 Å². The van der Waals surface area contributed by atoms with Gasteiger partial charge in [0.25, 0.3) is 0 Å². The van der Waals surface area contributed by atoms with Gasteiger partial charge in [-0.1, -0.05) is 17.7 Å². The minimum atomic E-state index is -1.07. The zero-order chi connectivity index (χ0) is 14.7. The molecule has 1 aromatic carbocycles. The quantitative estimate of drug-likeness (QED) is 0.900. The van der Waals surface area contributed by atoms with Gasteiger partial charge in [0.05, 0.1) is 22.5 Å². The number of nitrogens with zero attached hydrogens (tertiary/aromatic N) is 3. The number of aliphatic carboxylic acids is 1. The van der Waals surface area contributed by atoms with Crippen LogP contribution in [0.2, 0.25) is 5.02 Å². The highest BCUT2D eigenvalue weighted by Gasteiger charge is 2.22. The normalized spacial score (nSPS) is 11.7. The van der Waals surface area contributed by atoms with E-state index in [0.29, 0.717) is 11.3 Å². The molecule has 0 spiro atoms. The number of hydrogen-bond acceptors (Lipinski definition) is 4. The fraction of sp³-hybridized carbons (Fsp3) is 0.154. The van der Waals surface area contributed by atoms with Gasteiger partial charge in [0.2, 0.25) is 0 Å². The van der Waals surface area contributed by atoms with E-state index in [2.05, 4.69) is 10.4 Å². The summed E-state index contributed by atoms with van der Waals surface area (Å²) < 4.78 is 1.51. The van der Waals surface area contributed by atoms with Crippen molar-refractivity contribution in [2.24, 2.45) is 7.05 Å². The molecule has 2 aromatic rings. The molecule has 0 radical (unpaired) electrons. The second-order valence-electron chi connectivity index (χ2n) is 4.14. The fourth-order valence-electron chi connectivity index (χ4n) is 1.79. The molecule has 0 saturated carbocycles. The number of halogens is 1. The van der Waals surface area contributed by atoms with E-state index in [1.165, 1.54) is 10.9 Å². The Bertz CT molecular complexity index is 690. The summed E-state index contributed by atoms with van der Waals surface area (Å²) in [6.45, 7) is 0. The van der Waals surface area contributed by atoms with E-state index in [9.17, 15) is 9.90 Å². The standard InChI is InChI=1S/C13H11ClN4O2/c1-18-7-8(6-16-18)12(13(19)20)17-11-4-2-3-10(14)9(11)5-15/h2-4,6-7,12,17H,1H3,(H,19,20). The van der Waals surface area contributed by atoms with E-state index in [-0.39, 0.29) is 10.6 Å². The smallest absolute Gasteiger partial charge is 0.330 e. The molecule has 2 rings (SSSR count). The maximum atomic E-state index is 11.4. The van der Waals surface area contributed by atoms with Crippen molar-refractivity contribution in [3.05, 3.63) is 46.7 Å². The summed E-state index contributed by atoms with van der Waals surface area (Å²) in [5.41, 5.74) is 1.07. The number of benzene rings is 1. The molecule has 0 fully saturated rings. The number of anilines is 1. The minimum absolute atomic E-state index is 0.212. The van der Waals surface area contributed by atoms with Gasteiger partial charge in [-0.25, -0.2) is 4.79 Å². The molecule has 0 aliphatic carbocycles. The number of nitriles is 1. The van der Waals surface area contributed by atoms with E-state index in [0.717, 1.165) is 0 Å². The van der Waals surface area contributed by atoms with E-state index >= 15 is 0 Å². The number of aromatic nitrogens is 2. The number of hydrogen-bond donors (Lipinski definition) is 2. The van der Waals surface area contributed by atoms with Gasteiger partial charge in [-0.05, 0) is 12.1 Å². The highest BCUT2D eigenvalue weighted by atomic mass is 35.5. The summed E-state index contributed by atoms with van der Waals surface area (Å²) >= 11 is 5.92. The van der Waals surface area contributed by atoms with Crippen molar-refractivity contribution in [3.63, 3.8) is 0 Å². The van der Waals surface area contributed by atoms with Crippen LogP contribution in [-0.2, 0) is 11.8 Å². The second-order valence-corrected chi connectivity index (χ2v) is 4.54. The van der Waals surface area contributed by atoms with Crippen molar-refractivity contribution in [2.75, 3.05) is 5.32 Å². The lowest BCUT2D eigenvalue weighted by atomic mass is 10.1. The first kappa shape index (κ1) is 13.9. The molecule has 1 aromatic heterocycles. The monoisotopic (exact) mass is 290 g/mol. The lowest BCUT2D eigenvalue weighted by Gasteiger charge is -2.15. The van der Waals surface area contributed by atoms with Crippen LogP contribution in [0.4, 0.5) is 5.69 Å². The van der Waals surface area contributed by atoms with Gasteiger partial charge in [0.15, 0.2) is 6.04 Å². The number of rotatable bonds is 4. The molecule has 1 atom stereocenters. The Morgan fingerprint density at radius 2 is 2.35 bits per heavy atom. The first-order valence-corrected chi connectivity index (χ1v) is 6.07. The van der Waals surface area contributed by atoms with Gasteiger partial charge < -0.3 is 10.4 Å². The SMILES string of the molecule is Cn1cc(C(Nc2cccc(Cl)c2C#N)C(=O)O)cn1. The van der Waals surface area contributed by atoms with Crippen LogP contribution in [-0.4, -0.2) is 20.9 Å². The third-order valence-corrected chi connectivity index (χ3v) is 3.05. The summed E-state index contributed by atoms with van der Waals surface area (Å²) in [6, 6.07) is 5.78. The molecule has 102 valence electrons. The molecule has 7 heteroatoms. The van der Waals surface area contributed by atoms with Crippen molar-refractivity contribution < 1.29 is 9.90 Å². The van der Waals surface area contributed by atoms with Crippen LogP contribution in [0.15, 0.2) is 30.6 Å². The van der Waals surface area contributed by atoms with Gasteiger partial charge in [-0.2, -0.15) is 10.4 Å². The van der Waals surface area contributed by atoms with Crippen molar-refractivity contribution in [1.29, 1.82) is 5.26 Å². The Morgan fingerprint density at radius 3 is 2.90 bits per heavy atom. The van der Waals surface area contributed by atoms with Gasteiger partial charge in [-0.3, -0.25) is 4.68 Å². The van der Waals surface area contributed by atoms with Crippen LogP contribution in [0.25, 0.3) is 0 Å². The number of aryl methyl sites for hydroxylation is 1. The molecular formula is C13H11ClN4O2. The van der Waals surface area contributed by atoms with Crippen molar-refractivity contribution in [2.45, 2.75) is 6.04 Å². The number of carboxylic acid groups (broad SMARTS) is 1. The maximum absolute atomic E-state index is 11.4. The average molecular weight is 291 g/mol. The lowest BCUT2D eigenvalue weighted by Crippen LogP contribution is -2.20. The highest BCUT2D eigenvalue weighted by Crippen LogP contribution is 2.27. The summed E-state index contributed by atoms with van der Waals surface area (Å²) in [5, 5.41) is 25.4. The molecule has 0 saturated heterocycles. The Labute approximate surface area is 120 Å². The molecule has 0 bridgehead atoms. The Morgan fingerprint density at radius 1 is 1.60 bits per heavy atom. The van der Waals surface area contributed by atoms with E-state index in [1.807, 2.05) is 6.07 Å². The van der Waals surface area contributed by atoms with Crippen LogP contribution >= 0.6 is 11.6 Å². The van der Waals surface area contributed by atoms with Crippen LogP contribution in [0.5, 0.6) is 0 Å². The maximum Gasteiger partial charge on any atom is 0.330 e. The van der Waals surface area contributed by atoms with Crippen LogP contribution in [0.3, 0.4) is 0 Å². The van der Waals surface area contributed by atoms with Gasteiger partial charge in [0, 0.05) is 18.8 Å². The van der Waals surface area contributed by atoms with Crippen LogP contribution in [0, 0.1) is 11.3 Å². The third kappa shape index (κ3) is 2.73. The summed E-state index contributed by atoms with van der Waals surface area (Å²) in [6.07, 6.45) is 3.06. The minimum Gasteiger partial charge on any atom is -0.479 e. The number of carboxylic acids is 1.